The highest BCUT2D eigenvalue weighted by molar-refractivity contribution is 6.30. The van der Waals surface area contributed by atoms with Crippen molar-refractivity contribution in [2.45, 2.75) is 6.42 Å². The average Bonchev–Trinajstić information content (AvgIpc) is 2.82. The molecular formula is C12H11ClN2O2. The molecule has 2 rings (SSSR count). The Morgan fingerprint density at radius 3 is 3.06 bits per heavy atom. The molecule has 0 aliphatic carbocycles. The van der Waals surface area contributed by atoms with Crippen molar-refractivity contribution in [2.24, 2.45) is 0 Å². The van der Waals surface area contributed by atoms with Gasteiger partial charge >= 0.3 is 0 Å². The minimum atomic E-state index is -0.0514. The Labute approximate surface area is 104 Å². The predicted molar refractivity (Wildman–Crippen MR) is 64.4 cm³/mol. The molecule has 1 heterocycles. The third kappa shape index (κ3) is 3.32. The smallest absolute Gasteiger partial charge is 0.235 e. The van der Waals surface area contributed by atoms with Crippen molar-refractivity contribution in [3.8, 4) is 5.75 Å². The van der Waals surface area contributed by atoms with Crippen LogP contribution in [0.25, 0.3) is 0 Å². The molecule has 0 aliphatic heterocycles. The number of aromatic nitrogens is 2. The van der Waals surface area contributed by atoms with E-state index in [9.17, 15) is 4.79 Å². The van der Waals surface area contributed by atoms with Gasteiger partial charge in [0.15, 0.2) is 0 Å². The molecule has 0 N–H and O–H groups in total. The number of hydrogen-bond acceptors (Lipinski definition) is 3. The van der Waals surface area contributed by atoms with Gasteiger partial charge < -0.3 is 4.74 Å². The summed E-state index contributed by atoms with van der Waals surface area (Å²) in [5, 5.41) is 0.614. The van der Waals surface area contributed by atoms with Crippen LogP contribution < -0.4 is 4.74 Å². The van der Waals surface area contributed by atoms with E-state index in [1.165, 1.54) is 10.9 Å². The molecule has 5 heteroatoms. The van der Waals surface area contributed by atoms with Gasteiger partial charge in [-0.3, -0.25) is 9.36 Å². The number of ether oxygens (including phenoxy) is 1. The number of nitrogens with zero attached hydrogens (tertiary/aromatic N) is 2. The Morgan fingerprint density at radius 2 is 2.35 bits per heavy atom. The third-order valence-corrected chi connectivity index (χ3v) is 2.41. The summed E-state index contributed by atoms with van der Waals surface area (Å²) in [6, 6.07) is 7.08. The quantitative estimate of drug-likeness (QED) is 0.838. The lowest BCUT2D eigenvalue weighted by atomic mass is 10.3. The summed E-state index contributed by atoms with van der Waals surface area (Å²) < 4.78 is 6.85. The molecule has 0 atom stereocenters. The summed E-state index contributed by atoms with van der Waals surface area (Å²) in [5.41, 5.74) is 0. The van der Waals surface area contributed by atoms with E-state index in [4.69, 9.17) is 16.3 Å². The molecule has 0 saturated heterocycles. The SMILES string of the molecule is O=C(CCOc1cccc(Cl)c1)n1ccnc1. The number of carbonyl (C=O) groups excluding carboxylic acids is 1. The van der Waals surface area contributed by atoms with Gasteiger partial charge in [0.2, 0.25) is 5.91 Å². The van der Waals surface area contributed by atoms with Crippen molar-refractivity contribution in [2.75, 3.05) is 6.61 Å². The number of halogens is 1. The van der Waals surface area contributed by atoms with Gasteiger partial charge in [-0.15, -0.1) is 0 Å². The van der Waals surface area contributed by atoms with Crippen LogP contribution >= 0.6 is 11.6 Å². The Kier molecular flexibility index (Phi) is 3.77. The van der Waals surface area contributed by atoms with E-state index >= 15 is 0 Å². The summed E-state index contributed by atoms with van der Waals surface area (Å²) in [6.45, 7) is 0.317. The molecule has 0 aliphatic rings. The van der Waals surface area contributed by atoms with Crippen LogP contribution in [-0.4, -0.2) is 22.1 Å². The number of carbonyl (C=O) groups is 1. The fourth-order valence-corrected chi connectivity index (χ4v) is 1.53. The van der Waals surface area contributed by atoms with Crippen molar-refractivity contribution in [1.82, 2.24) is 9.55 Å². The zero-order chi connectivity index (χ0) is 12.1. The van der Waals surface area contributed by atoms with Crippen LogP contribution in [0.5, 0.6) is 5.75 Å². The number of hydrogen-bond donors (Lipinski definition) is 0. The second-order valence-corrected chi connectivity index (χ2v) is 3.86. The topological polar surface area (TPSA) is 44.1 Å². The van der Waals surface area contributed by atoms with Crippen LogP contribution in [0.15, 0.2) is 43.0 Å². The molecule has 0 fully saturated rings. The number of imidazole rings is 1. The Balaban J connectivity index is 1.82. The molecular weight excluding hydrogens is 240 g/mol. The second kappa shape index (κ2) is 5.50. The van der Waals surface area contributed by atoms with E-state index in [2.05, 4.69) is 4.98 Å². The second-order valence-electron chi connectivity index (χ2n) is 3.42. The van der Waals surface area contributed by atoms with E-state index in [0.717, 1.165) is 0 Å². The molecule has 0 amide bonds. The first kappa shape index (κ1) is 11.7. The minimum Gasteiger partial charge on any atom is -0.493 e. The van der Waals surface area contributed by atoms with Crippen LogP contribution in [0.3, 0.4) is 0 Å². The lowest BCUT2D eigenvalue weighted by molar-refractivity contribution is 0.0881. The fraction of sp³-hybridized carbons (Fsp3) is 0.167. The van der Waals surface area contributed by atoms with Crippen molar-refractivity contribution in [3.05, 3.63) is 48.0 Å². The molecule has 0 unspecified atom stereocenters. The van der Waals surface area contributed by atoms with E-state index in [-0.39, 0.29) is 5.91 Å². The lowest BCUT2D eigenvalue weighted by Gasteiger charge is -2.05. The molecule has 88 valence electrons. The maximum Gasteiger partial charge on any atom is 0.235 e. The molecule has 0 saturated carbocycles. The third-order valence-electron chi connectivity index (χ3n) is 2.17. The summed E-state index contributed by atoms with van der Waals surface area (Å²) >= 11 is 5.81. The Morgan fingerprint density at radius 1 is 1.47 bits per heavy atom. The van der Waals surface area contributed by atoms with Crippen LogP contribution in [0.4, 0.5) is 0 Å². The molecule has 0 bridgehead atoms. The van der Waals surface area contributed by atoms with E-state index in [1.807, 2.05) is 0 Å². The normalized spacial score (nSPS) is 10.2. The highest BCUT2D eigenvalue weighted by Gasteiger charge is 2.04. The fourth-order valence-electron chi connectivity index (χ4n) is 1.35. The summed E-state index contributed by atoms with van der Waals surface area (Å²) in [7, 11) is 0. The molecule has 1 aromatic heterocycles. The first-order valence-electron chi connectivity index (χ1n) is 5.15. The maximum atomic E-state index is 11.6. The van der Waals surface area contributed by atoms with Gasteiger partial charge in [-0.05, 0) is 18.2 Å². The van der Waals surface area contributed by atoms with Crippen LogP contribution in [-0.2, 0) is 0 Å². The Hall–Kier alpha value is -1.81. The zero-order valence-corrected chi connectivity index (χ0v) is 9.80. The Bertz CT molecular complexity index is 497. The van der Waals surface area contributed by atoms with E-state index in [1.54, 1.807) is 36.7 Å². The van der Waals surface area contributed by atoms with Gasteiger partial charge in [0.25, 0.3) is 0 Å². The highest BCUT2D eigenvalue weighted by Crippen LogP contribution is 2.17. The molecule has 2 aromatic rings. The van der Waals surface area contributed by atoms with Gasteiger partial charge in [-0.25, -0.2) is 4.98 Å². The van der Waals surface area contributed by atoms with Gasteiger partial charge in [-0.1, -0.05) is 17.7 Å². The minimum absolute atomic E-state index is 0.0514. The van der Waals surface area contributed by atoms with Gasteiger partial charge in [-0.2, -0.15) is 0 Å². The first-order chi connectivity index (χ1) is 8.25. The standard InChI is InChI=1S/C12H11ClN2O2/c13-10-2-1-3-11(8-10)17-7-4-12(16)15-6-5-14-9-15/h1-3,5-6,8-9H,4,7H2. The zero-order valence-electron chi connectivity index (χ0n) is 9.04. The van der Waals surface area contributed by atoms with Gasteiger partial charge in [0.05, 0.1) is 13.0 Å². The van der Waals surface area contributed by atoms with Crippen molar-refractivity contribution < 1.29 is 9.53 Å². The summed E-state index contributed by atoms with van der Waals surface area (Å²) in [5.74, 6) is 0.612. The van der Waals surface area contributed by atoms with Crippen molar-refractivity contribution in [3.63, 3.8) is 0 Å². The van der Waals surface area contributed by atoms with E-state index in [0.29, 0.717) is 23.8 Å². The van der Waals surface area contributed by atoms with E-state index < -0.39 is 0 Å². The largest absolute Gasteiger partial charge is 0.493 e. The van der Waals surface area contributed by atoms with Crippen LogP contribution in [0.2, 0.25) is 5.02 Å². The monoisotopic (exact) mass is 250 g/mol. The number of rotatable bonds is 4. The number of benzene rings is 1. The summed E-state index contributed by atoms with van der Waals surface area (Å²) in [4.78, 5) is 15.4. The maximum absolute atomic E-state index is 11.6. The molecule has 17 heavy (non-hydrogen) atoms. The summed E-state index contributed by atoms with van der Waals surface area (Å²) in [6.07, 6.45) is 4.95. The first-order valence-corrected chi connectivity index (χ1v) is 5.53. The highest BCUT2D eigenvalue weighted by atomic mass is 35.5. The van der Waals surface area contributed by atoms with Crippen LogP contribution in [0, 0.1) is 0 Å². The van der Waals surface area contributed by atoms with Crippen molar-refractivity contribution >= 4 is 17.5 Å². The molecule has 0 radical (unpaired) electrons. The van der Waals surface area contributed by atoms with Gasteiger partial charge in [0.1, 0.15) is 12.1 Å². The average molecular weight is 251 g/mol. The van der Waals surface area contributed by atoms with Gasteiger partial charge in [0, 0.05) is 17.4 Å². The molecule has 0 spiro atoms. The molecule has 1 aromatic carbocycles. The predicted octanol–water partition coefficient (Wildman–Crippen LogP) is 2.65. The molecule has 4 nitrogen and oxygen atoms in total. The van der Waals surface area contributed by atoms with Crippen molar-refractivity contribution in [1.29, 1.82) is 0 Å². The lowest BCUT2D eigenvalue weighted by Crippen LogP contribution is -2.12. The van der Waals surface area contributed by atoms with Crippen LogP contribution in [0.1, 0.15) is 11.2 Å².